The standard InChI is InChI=1S/C11H19BrN2OS/c1-7(2)4-9(6-15)14-8(3)11-13-5-10(12)16-11/h5,7-9,14-15H,4,6H2,1-3H3. The predicted molar refractivity (Wildman–Crippen MR) is 71.7 cm³/mol. The van der Waals surface area contributed by atoms with Crippen molar-refractivity contribution in [3.8, 4) is 0 Å². The van der Waals surface area contributed by atoms with E-state index in [1.54, 1.807) is 11.3 Å². The quantitative estimate of drug-likeness (QED) is 0.849. The summed E-state index contributed by atoms with van der Waals surface area (Å²) in [6.45, 7) is 6.58. The first-order valence-corrected chi connectivity index (χ1v) is 7.12. The first-order chi connectivity index (χ1) is 7.52. The molecule has 0 aliphatic carbocycles. The first kappa shape index (κ1) is 14.1. The molecule has 5 heteroatoms. The Bertz CT molecular complexity index is 317. The fourth-order valence-electron chi connectivity index (χ4n) is 1.66. The second-order valence-corrected chi connectivity index (χ2v) is 6.84. The number of thiazole rings is 1. The van der Waals surface area contributed by atoms with Gasteiger partial charge in [-0.05, 0) is 35.2 Å². The van der Waals surface area contributed by atoms with Gasteiger partial charge in [-0.1, -0.05) is 13.8 Å². The third-order valence-electron chi connectivity index (χ3n) is 2.33. The van der Waals surface area contributed by atoms with Crippen LogP contribution < -0.4 is 5.32 Å². The summed E-state index contributed by atoms with van der Waals surface area (Å²) in [4.78, 5) is 4.31. The molecule has 0 aliphatic heterocycles. The van der Waals surface area contributed by atoms with E-state index in [1.807, 2.05) is 6.20 Å². The smallest absolute Gasteiger partial charge is 0.110 e. The Morgan fingerprint density at radius 1 is 1.50 bits per heavy atom. The fraction of sp³-hybridized carbons (Fsp3) is 0.727. The SMILES string of the molecule is CC(C)CC(CO)NC(C)c1ncc(Br)s1. The lowest BCUT2D eigenvalue weighted by molar-refractivity contribution is 0.215. The molecule has 0 spiro atoms. The average Bonchev–Trinajstić information content (AvgIpc) is 2.63. The van der Waals surface area contributed by atoms with Gasteiger partial charge in [-0.15, -0.1) is 11.3 Å². The maximum absolute atomic E-state index is 9.29. The predicted octanol–water partition coefficient (Wildman–Crippen LogP) is 2.96. The van der Waals surface area contributed by atoms with Crippen molar-refractivity contribution in [1.29, 1.82) is 0 Å². The van der Waals surface area contributed by atoms with Gasteiger partial charge in [0.1, 0.15) is 5.01 Å². The highest BCUT2D eigenvalue weighted by atomic mass is 79.9. The molecule has 1 heterocycles. The van der Waals surface area contributed by atoms with Gasteiger partial charge in [0.15, 0.2) is 0 Å². The van der Waals surface area contributed by atoms with Crippen LogP contribution in [0.1, 0.15) is 38.2 Å². The number of halogens is 1. The van der Waals surface area contributed by atoms with Crippen molar-refractivity contribution in [1.82, 2.24) is 10.3 Å². The molecule has 16 heavy (non-hydrogen) atoms. The van der Waals surface area contributed by atoms with E-state index >= 15 is 0 Å². The van der Waals surface area contributed by atoms with Crippen LogP contribution in [0.15, 0.2) is 9.98 Å². The van der Waals surface area contributed by atoms with Crippen molar-refractivity contribution in [2.75, 3.05) is 6.61 Å². The summed E-state index contributed by atoms with van der Waals surface area (Å²) in [6.07, 6.45) is 2.79. The summed E-state index contributed by atoms with van der Waals surface area (Å²) in [6, 6.07) is 0.338. The highest BCUT2D eigenvalue weighted by Crippen LogP contribution is 2.24. The van der Waals surface area contributed by atoms with Crippen LogP contribution in [0.3, 0.4) is 0 Å². The maximum Gasteiger partial charge on any atom is 0.110 e. The second kappa shape index (κ2) is 6.69. The lowest BCUT2D eigenvalue weighted by atomic mass is 10.0. The van der Waals surface area contributed by atoms with Crippen molar-refractivity contribution in [3.05, 3.63) is 15.0 Å². The molecule has 0 amide bonds. The summed E-state index contributed by atoms with van der Waals surface area (Å²) in [5, 5.41) is 13.7. The van der Waals surface area contributed by atoms with Gasteiger partial charge in [-0.25, -0.2) is 4.98 Å². The molecular formula is C11H19BrN2OS. The monoisotopic (exact) mass is 306 g/mol. The van der Waals surface area contributed by atoms with Crippen LogP contribution in [-0.4, -0.2) is 22.7 Å². The van der Waals surface area contributed by atoms with Gasteiger partial charge < -0.3 is 10.4 Å². The average molecular weight is 307 g/mol. The van der Waals surface area contributed by atoms with Crippen LogP contribution in [0, 0.1) is 5.92 Å². The molecule has 0 saturated carbocycles. The van der Waals surface area contributed by atoms with E-state index in [4.69, 9.17) is 0 Å². The Morgan fingerprint density at radius 2 is 2.19 bits per heavy atom. The molecule has 0 aliphatic rings. The van der Waals surface area contributed by atoms with E-state index in [-0.39, 0.29) is 18.7 Å². The molecule has 0 aromatic carbocycles. The Morgan fingerprint density at radius 3 is 2.62 bits per heavy atom. The number of aliphatic hydroxyl groups is 1. The zero-order chi connectivity index (χ0) is 12.1. The minimum absolute atomic E-state index is 0.151. The highest BCUT2D eigenvalue weighted by molar-refractivity contribution is 9.11. The minimum Gasteiger partial charge on any atom is -0.395 e. The fourth-order valence-corrected chi connectivity index (χ4v) is 2.91. The van der Waals surface area contributed by atoms with Crippen molar-refractivity contribution in [2.45, 2.75) is 39.3 Å². The lowest BCUT2D eigenvalue weighted by Crippen LogP contribution is -2.35. The summed E-state index contributed by atoms with van der Waals surface area (Å²) in [5.74, 6) is 0.583. The molecule has 1 aromatic heterocycles. The highest BCUT2D eigenvalue weighted by Gasteiger charge is 2.16. The zero-order valence-corrected chi connectivity index (χ0v) is 12.3. The number of aliphatic hydroxyl groups excluding tert-OH is 1. The van der Waals surface area contributed by atoms with Crippen LogP contribution in [0.4, 0.5) is 0 Å². The van der Waals surface area contributed by atoms with Crippen molar-refractivity contribution in [2.24, 2.45) is 5.92 Å². The Hall–Kier alpha value is 0.0300. The van der Waals surface area contributed by atoms with E-state index in [0.29, 0.717) is 5.92 Å². The zero-order valence-electron chi connectivity index (χ0n) is 9.90. The molecule has 0 saturated heterocycles. The van der Waals surface area contributed by atoms with Crippen LogP contribution in [0.2, 0.25) is 0 Å². The van der Waals surface area contributed by atoms with Crippen molar-refractivity contribution in [3.63, 3.8) is 0 Å². The van der Waals surface area contributed by atoms with Crippen LogP contribution in [-0.2, 0) is 0 Å². The molecule has 0 bridgehead atoms. The number of hydrogen-bond acceptors (Lipinski definition) is 4. The largest absolute Gasteiger partial charge is 0.395 e. The van der Waals surface area contributed by atoms with E-state index < -0.39 is 0 Å². The van der Waals surface area contributed by atoms with Gasteiger partial charge in [0, 0.05) is 6.04 Å². The molecule has 0 radical (unpaired) electrons. The molecular weight excluding hydrogens is 288 g/mol. The first-order valence-electron chi connectivity index (χ1n) is 5.51. The van der Waals surface area contributed by atoms with E-state index in [1.165, 1.54) is 0 Å². The topological polar surface area (TPSA) is 45.1 Å². The molecule has 1 rings (SSSR count). The molecule has 2 atom stereocenters. The Balaban J connectivity index is 2.51. The number of nitrogens with zero attached hydrogens (tertiary/aromatic N) is 1. The molecule has 0 fully saturated rings. The van der Waals surface area contributed by atoms with Gasteiger partial charge in [0.2, 0.25) is 0 Å². The normalized spacial score (nSPS) is 15.4. The van der Waals surface area contributed by atoms with Crippen molar-refractivity contribution < 1.29 is 5.11 Å². The number of hydrogen-bond donors (Lipinski definition) is 2. The second-order valence-electron chi connectivity index (χ2n) is 4.40. The van der Waals surface area contributed by atoms with E-state index in [0.717, 1.165) is 15.2 Å². The molecule has 2 N–H and O–H groups in total. The third kappa shape index (κ3) is 4.49. The van der Waals surface area contributed by atoms with Gasteiger partial charge in [-0.3, -0.25) is 0 Å². The van der Waals surface area contributed by atoms with Crippen LogP contribution >= 0.6 is 27.3 Å². The van der Waals surface area contributed by atoms with Gasteiger partial charge >= 0.3 is 0 Å². The van der Waals surface area contributed by atoms with Gasteiger partial charge in [0.05, 0.1) is 22.6 Å². The van der Waals surface area contributed by atoms with Crippen LogP contribution in [0.25, 0.3) is 0 Å². The summed E-state index contributed by atoms with van der Waals surface area (Å²) < 4.78 is 1.04. The Kier molecular flexibility index (Phi) is 5.89. The number of nitrogens with one attached hydrogen (secondary N) is 1. The maximum atomic E-state index is 9.29. The third-order valence-corrected chi connectivity index (χ3v) is 3.99. The van der Waals surface area contributed by atoms with Crippen LogP contribution in [0.5, 0.6) is 0 Å². The lowest BCUT2D eigenvalue weighted by Gasteiger charge is -2.21. The summed E-state index contributed by atoms with van der Waals surface area (Å²) in [7, 11) is 0. The molecule has 92 valence electrons. The molecule has 2 unspecified atom stereocenters. The minimum atomic E-state index is 0.151. The molecule has 1 aromatic rings. The van der Waals surface area contributed by atoms with Gasteiger partial charge in [-0.2, -0.15) is 0 Å². The van der Waals surface area contributed by atoms with E-state index in [2.05, 4.69) is 47.0 Å². The van der Waals surface area contributed by atoms with Gasteiger partial charge in [0.25, 0.3) is 0 Å². The summed E-state index contributed by atoms with van der Waals surface area (Å²) in [5.41, 5.74) is 0. The number of aromatic nitrogens is 1. The molecule has 3 nitrogen and oxygen atoms in total. The Labute approximate surface area is 109 Å². The number of rotatable bonds is 6. The van der Waals surface area contributed by atoms with Crippen molar-refractivity contribution >= 4 is 27.3 Å². The van der Waals surface area contributed by atoms with E-state index in [9.17, 15) is 5.11 Å². The summed E-state index contributed by atoms with van der Waals surface area (Å²) >= 11 is 5.03.